The Balaban J connectivity index is 2.55. The molecule has 19 heavy (non-hydrogen) atoms. The van der Waals surface area contributed by atoms with Crippen LogP contribution in [-0.4, -0.2) is 28.6 Å². The van der Waals surface area contributed by atoms with Gasteiger partial charge in [0.25, 0.3) is 5.91 Å². The zero-order valence-electron chi connectivity index (χ0n) is 10.9. The number of aliphatic hydroxyl groups is 1. The molecule has 0 bridgehead atoms. The van der Waals surface area contributed by atoms with Crippen LogP contribution < -0.4 is 5.32 Å². The van der Waals surface area contributed by atoms with Gasteiger partial charge in [0.2, 0.25) is 0 Å². The monoisotopic (exact) mass is 265 g/mol. The Bertz CT molecular complexity index is 428. The van der Waals surface area contributed by atoms with Crippen LogP contribution in [-0.2, 0) is 4.79 Å². The topological polar surface area (TPSA) is 86.6 Å². The summed E-state index contributed by atoms with van der Waals surface area (Å²) < 4.78 is 0. The molecule has 0 saturated carbocycles. The molecule has 1 rings (SSSR count). The van der Waals surface area contributed by atoms with Crippen LogP contribution in [0.15, 0.2) is 24.3 Å². The molecule has 1 amide bonds. The number of carboxylic acid groups (broad SMARTS) is 1. The lowest BCUT2D eigenvalue weighted by atomic mass is 10.0. The highest BCUT2D eigenvalue weighted by Crippen LogP contribution is 2.18. The second-order valence-corrected chi connectivity index (χ2v) is 4.33. The van der Waals surface area contributed by atoms with Gasteiger partial charge in [-0.15, -0.1) is 0 Å². The Labute approximate surface area is 112 Å². The summed E-state index contributed by atoms with van der Waals surface area (Å²) in [4.78, 5) is 22.0. The molecular formula is C14H19NO4. The second-order valence-electron chi connectivity index (χ2n) is 4.33. The summed E-state index contributed by atoms with van der Waals surface area (Å²) in [6.07, 6.45) is 0.969. The highest BCUT2D eigenvalue weighted by Gasteiger charge is 2.09. The molecule has 3 N–H and O–H groups in total. The van der Waals surface area contributed by atoms with Crippen molar-refractivity contribution < 1.29 is 19.8 Å². The van der Waals surface area contributed by atoms with Gasteiger partial charge >= 0.3 is 5.97 Å². The standard InChI is InChI=1S/C14H19NO4/c1-2-3-12(16)10-4-6-11(7-5-10)14(19)15-9-8-13(17)18/h4-7,12,16H,2-3,8-9H2,1H3,(H,15,19)(H,17,18). The fourth-order valence-corrected chi connectivity index (χ4v) is 1.68. The van der Waals surface area contributed by atoms with Crippen LogP contribution in [0.3, 0.4) is 0 Å². The highest BCUT2D eigenvalue weighted by molar-refractivity contribution is 5.94. The normalized spacial score (nSPS) is 11.9. The molecule has 0 fully saturated rings. The minimum Gasteiger partial charge on any atom is -0.481 e. The van der Waals surface area contributed by atoms with E-state index in [-0.39, 0.29) is 18.9 Å². The van der Waals surface area contributed by atoms with Crippen LogP contribution in [0.4, 0.5) is 0 Å². The number of carbonyl (C=O) groups is 2. The number of aliphatic hydroxyl groups excluding tert-OH is 1. The van der Waals surface area contributed by atoms with E-state index in [0.717, 1.165) is 12.0 Å². The molecule has 0 aliphatic heterocycles. The number of rotatable bonds is 7. The number of carbonyl (C=O) groups excluding carboxylic acids is 1. The predicted molar refractivity (Wildman–Crippen MR) is 70.9 cm³/mol. The van der Waals surface area contributed by atoms with Crippen molar-refractivity contribution in [3.05, 3.63) is 35.4 Å². The first-order chi connectivity index (χ1) is 9.04. The molecule has 0 aromatic heterocycles. The summed E-state index contributed by atoms with van der Waals surface area (Å²) in [5.74, 6) is -1.25. The first kappa shape index (κ1) is 15.2. The number of hydrogen-bond acceptors (Lipinski definition) is 3. The average Bonchev–Trinajstić information content (AvgIpc) is 2.38. The van der Waals surface area contributed by atoms with E-state index in [4.69, 9.17) is 5.11 Å². The Hall–Kier alpha value is -1.88. The summed E-state index contributed by atoms with van der Waals surface area (Å²) in [7, 11) is 0. The number of benzene rings is 1. The van der Waals surface area contributed by atoms with Gasteiger partial charge in [-0.3, -0.25) is 9.59 Å². The molecule has 0 spiro atoms. The van der Waals surface area contributed by atoms with E-state index in [1.165, 1.54) is 0 Å². The largest absolute Gasteiger partial charge is 0.481 e. The van der Waals surface area contributed by atoms with Gasteiger partial charge in [-0.25, -0.2) is 0 Å². The summed E-state index contributed by atoms with van der Waals surface area (Å²) in [6.45, 7) is 2.10. The Kier molecular flexibility index (Phi) is 6.02. The SMILES string of the molecule is CCCC(O)c1ccc(C(=O)NCCC(=O)O)cc1. The Morgan fingerprint density at radius 1 is 1.26 bits per heavy atom. The van der Waals surface area contributed by atoms with Gasteiger partial charge in [0, 0.05) is 12.1 Å². The number of hydrogen-bond donors (Lipinski definition) is 3. The molecule has 104 valence electrons. The fourth-order valence-electron chi connectivity index (χ4n) is 1.68. The molecule has 0 aliphatic carbocycles. The van der Waals surface area contributed by atoms with E-state index in [1.54, 1.807) is 24.3 Å². The van der Waals surface area contributed by atoms with Crippen molar-refractivity contribution in [3.63, 3.8) is 0 Å². The maximum absolute atomic E-state index is 11.7. The maximum atomic E-state index is 11.7. The smallest absolute Gasteiger partial charge is 0.305 e. The van der Waals surface area contributed by atoms with Crippen LogP contribution in [0.25, 0.3) is 0 Å². The minimum atomic E-state index is -0.946. The van der Waals surface area contributed by atoms with Gasteiger partial charge in [0.05, 0.1) is 12.5 Å². The molecule has 5 nitrogen and oxygen atoms in total. The molecule has 0 aliphatic rings. The molecule has 0 radical (unpaired) electrons. The molecule has 1 unspecified atom stereocenters. The third-order valence-corrected chi connectivity index (χ3v) is 2.74. The van der Waals surface area contributed by atoms with E-state index in [1.807, 2.05) is 6.92 Å². The van der Waals surface area contributed by atoms with Gasteiger partial charge in [-0.1, -0.05) is 25.5 Å². The van der Waals surface area contributed by atoms with Gasteiger partial charge in [-0.05, 0) is 24.1 Å². The zero-order valence-corrected chi connectivity index (χ0v) is 10.9. The number of carboxylic acids is 1. The van der Waals surface area contributed by atoms with Crippen molar-refractivity contribution in [2.24, 2.45) is 0 Å². The lowest BCUT2D eigenvalue weighted by molar-refractivity contribution is -0.136. The van der Waals surface area contributed by atoms with Gasteiger partial charge < -0.3 is 15.5 Å². The summed E-state index contributed by atoms with van der Waals surface area (Å²) in [5.41, 5.74) is 1.24. The fraction of sp³-hybridized carbons (Fsp3) is 0.429. The van der Waals surface area contributed by atoms with Crippen molar-refractivity contribution in [1.29, 1.82) is 0 Å². The first-order valence-electron chi connectivity index (χ1n) is 6.32. The first-order valence-corrected chi connectivity index (χ1v) is 6.32. The van der Waals surface area contributed by atoms with Crippen molar-refractivity contribution in [1.82, 2.24) is 5.32 Å². The molecule has 1 atom stereocenters. The number of amides is 1. The number of aliphatic carboxylic acids is 1. The zero-order chi connectivity index (χ0) is 14.3. The lowest BCUT2D eigenvalue weighted by Crippen LogP contribution is -2.25. The third-order valence-electron chi connectivity index (χ3n) is 2.74. The van der Waals surface area contributed by atoms with Crippen LogP contribution in [0.1, 0.15) is 48.2 Å². The summed E-state index contributed by atoms with van der Waals surface area (Å²) in [6, 6.07) is 6.69. The molecule has 1 aromatic rings. The van der Waals surface area contributed by atoms with E-state index in [2.05, 4.69) is 5.32 Å². The van der Waals surface area contributed by atoms with Crippen LogP contribution in [0.2, 0.25) is 0 Å². The van der Waals surface area contributed by atoms with Crippen LogP contribution >= 0.6 is 0 Å². The maximum Gasteiger partial charge on any atom is 0.305 e. The summed E-state index contributed by atoms with van der Waals surface area (Å²) >= 11 is 0. The van der Waals surface area contributed by atoms with Crippen molar-refractivity contribution in [2.75, 3.05) is 6.54 Å². The van der Waals surface area contributed by atoms with Crippen LogP contribution in [0, 0.1) is 0 Å². The van der Waals surface area contributed by atoms with E-state index in [0.29, 0.717) is 12.0 Å². The highest BCUT2D eigenvalue weighted by atomic mass is 16.4. The second kappa shape index (κ2) is 7.53. The third kappa shape index (κ3) is 5.09. The van der Waals surface area contributed by atoms with Gasteiger partial charge in [0.1, 0.15) is 0 Å². The Morgan fingerprint density at radius 3 is 2.42 bits per heavy atom. The van der Waals surface area contributed by atoms with Gasteiger partial charge in [0.15, 0.2) is 0 Å². The van der Waals surface area contributed by atoms with Crippen molar-refractivity contribution in [3.8, 4) is 0 Å². The van der Waals surface area contributed by atoms with E-state index < -0.39 is 12.1 Å². The minimum absolute atomic E-state index is 0.0982. The molecule has 1 aromatic carbocycles. The van der Waals surface area contributed by atoms with E-state index in [9.17, 15) is 14.7 Å². The molecule has 5 heteroatoms. The molecule has 0 saturated heterocycles. The summed E-state index contributed by atoms with van der Waals surface area (Å²) in [5, 5.41) is 20.8. The average molecular weight is 265 g/mol. The van der Waals surface area contributed by atoms with Crippen LogP contribution in [0.5, 0.6) is 0 Å². The molecular weight excluding hydrogens is 246 g/mol. The van der Waals surface area contributed by atoms with Crippen molar-refractivity contribution >= 4 is 11.9 Å². The predicted octanol–water partition coefficient (Wildman–Crippen LogP) is 1.72. The Morgan fingerprint density at radius 2 is 1.89 bits per heavy atom. The lowest BCUT2D eigenvalue weighted by Gasteiger charge is -2.10. The van der Waals surface area contributed by atoms with Gasteiger partial charge in [-0.2, -0.15) is 0 Å². The van der Waals surface area contributed by atoms with E-state index >= 15 is 0 Å². The quantitative estimate of drug-likeness (QED) is 0.700. The molecule has 0 heterocycles. The number of nitrogens with one attached hydrogen (secondary N) is 1. The van der Waals surface area contributed by atoms with Crippen molar-refractivity contribution in [2.45, 2.75) is 32.3 Å².